The fourth-order valence-corrected chi connectivity index (χ4v) is 2.58. The second-order valence-electron chi connectivity index (χ2n) is 6.46. The molecule has 7 nitrogen and oxygen atoms in total. The van der Waals surface area contributed by atoms with E-state index in [0.29, 0.717) is 6.61 Å². The van der Waals surface area contributed by atoms with Gasteiger partial charge in [0.15, 0.2) is 0 Å². The minimum absolute atomic E-state index is 0.0467. The van der Waals surface area contributed by atoms with Crippen LogP contribution in [0.25, 0.3) is 0 Å². The molecule has 1 aliphatic heterocycles. The predicted molar refractivity (Wildman–Crippen MR) is 80.2 cm³/mol. The van der Waals surface area contributed by atoms with Gasteiger partial charge in [-0.2, -0.15) is 0 Å². The van der Waals surface area contributed by atoms with Crippen LogP contribution in [0.4, 0.5) is 0 Å². The van der Waals surface area contributed by atoms with Gasteiger partial charge in [0, 0.05) is 39.8 Å². The molecule has 0 aliphatic carbocycles. The third-order valence-electron chi connectivity index (χ3n) is 3.46. The number of likely N-dealkylation sites (N-methyl/N-ethyl adjacent to an activating group) is 1. The summed E-state index contributed by atoms with van der Waals surface area (Å²) in [6, 6.07) is 1.86. The van der Waals surface area contributed by atoms with Gasteiger partial charge in [0.05, 0.1) is 24.0 Å². The van der Waals surface area contributed by atoms with Gasteiger partial charge in [-0.15, -0.1) is 0 Å². The van der Waals surface area contributed by atoms with E-state index in [9.17, 15) is 4.79 Å². The summed E-state index contributed by atoms with van der Waals surface area (Å²) >= 11 is 0. The van der Waals surface area contributed by atoms with E-state index in [1.54, 1.807) is 20.4 Å². The van der Waals surface area contributed by atoms with Crippen molar-refractivity contribution in [3.8, 4) is 0 Å². The molecule has 1 aliphatic rings. The maximum atomic E-state index is 11.5. The van der Waals surface area contributed by atoms with Gasteiger partial charge in [-0.05, 0) is 13.8 Å². The molecular weight excluding hydrogens is 286 g/mol. The highest BCUT2D eigenvalue weighted by atomic mass is 16.6. The summed E-state index contributed by atoms with van der Waals surface area (Å²) < 4.78 is 16.4. The maximum Gasteiger partial charge on any atom is 0.248 e. The van der Waals surface area contributed by atoms with E-state index in [1.165, 1.54) is 4.90 Å². The van der Waals surface area contributed by atoms with Crippen LogP contribution in [0.15, 0.2) is 16.9 Å². The number of ether oxygens (including phenoxy) is 2. The van der Waals surface area contributed by atoms with Crippen molar-refractivity contribution in [1.29, 1.82) is 0 Å². The lowest BCUT2D eigenvalue weighted by Crippen LogP contribution is -2.53. The highest BCUT2D eigenvalue weighted by molar-refractivity contribution is 5.76. The molecule has 1 saturated heterocycles. The fraction of sp³-hybridized carbons (Fsp3) is 0.733. The van der Waals surface area contributed by atoms with Crippen LogP contribution in [0.2, 0.25) is 0 Å². The van der Waals surface area contributed by atoms with Gasteiger partial charge in [0.2, 0.25) is 5.91 Å². The number of nitrogens with zero attached hydrogens (tertiary/aromatic N) is 3. The Kier molecular flexibility index (Phi) is 5.55. The first kappa shape index (κ1) is 16.9. The number of carbonyl (C=O) groups is 1. The molecule has 0 aromatic carbocycles. The summed E-state index contributed by atoms with van der Waals surface area (Å²) in [5.41, 5.74) is 0.641. The van der Waals surface area contributed by atoms with Gasteiger partial charge in [0.25, 0.3) is 0 Å². The first-order valence-electron chi connectivity index (χ1n) is 7.43. The van der Waals surface area contributed by atoms with Gasteiger partial charge in [0.1, 0.15) is 12.9 Å². The van der Waals surface area contributed by atoms with Gasteiger partial charge < -0.3 is 18.9 Å². The number of carbonyl (C=O) groups excluding carboxylic acids is 1. The molecule has 0 radical (unpaired) electrons. The standard InChI is InChI=1S/C15H25N3O4/c1-15(2)11-18(7-12-5-6-21-16-12)8-13(22-15)9-20-10-14(19)17(3)4/h5-6,13H,7-11H2,1-4H3/t13-/m0/s1. The molecule has 2 rings (SSSR count). The predicted octanol–water partition coefficient (Wildman–Crippen LogP) is 0.759. The van der Waals surface area contributed by atoms with Crippen molar-refractivity contribution in [3.63, 3.8) is 0 Å². The molecule has 1 atom stereocenters. The van der Waals surface area contributed by atoms with Crippen LogP contribution in [0, 0.1) is 0 Å². The summed E-state index contributed by atoms with van der Waals surface area (Å²) in [6.07, 6.45) is 1.51. The van der Waals surface area contributed by atoms with Gasteiger partial charge in [-0.25, -0.2) is 0 Å². The largest absolute Gasteiger partial charge is 0.369 e. The van der Waals surface area contributed by atoms with E-state index >= 15 is 0 Å². The van der Waals surface area contributed by atoms with Gasteiger partial charge >= 0.3 is 0 Å². The zero-order chi connectivity index (χ0) is 16.2. The van der Waals surface area contributed by atoms with Crippen LogP contribution in [0.1, 0.15) is 19.5 Å². The van der Waals surface area contributed by atoms with Crippen molar-refractivity contribution in [3.05, 3.63) is 18.0 Å². The van der Waals surface area contributed by atoms with E-state index in [1.807, 2.05) is 6.07 Å². The van der Waals surface area contributed by atoms with Crippen molar-refractivity contribution in [2.75, 3.05) is 40.4 Å². The summed E-state index contributed by atoms with van der Waals surface area (Å²) in [5, 5.41) is 3.95. The number of morpholine rings is 1. The summed E-state index contributed by atoms with van der Waals surface area (Å²) in [5.74, 6) is -0.0467. The number of amides is 1. The quantitative estimate of drug-likeness (QED) is 0.772. The van der Waals surface area contributed by atoms with E-state index in [-0.39, 0.29) is 24.2 Å². The zero-order valence-corrected chi connectivity index (χ0v) is 13.7. The molecule has 0 spiro atoms. The Morgan fingerprint density at radius 3 is 2.95 bits per heavy atom. The van der Waals surface area contributed by atoms with Crippen molar-refractivity contribution in [2.45, 2.75) is 32.1 Å². The van der Waals surface area contributed by atoms with Crippen LogP contribution >= 0.6 is 0 Å². The Morgan fingerprint density at radius 1 is 1.55 bits per heavy atom. The average molecular weight is 311 g/mol. The molecule has 0 bridgehead atoms. The highest BCUT2D eigenvalue weighted by Crippen LogP contribution is 2.22. The molecule has 1 amide bonds. The molecule has 1 aromatic heterocycles. The molecule has 1 aromatic rings. The first-order valence-corrected chi connectivity index (χ1v) is 7.43. The zero-order valence-electron chi connectivity index (χ0n) is 13.7. The van der Waals surface area contributed by atoms with E-state index in [2.05, 4.69) is 23.9 Å². The van der Waals surface area contributed by atoms with E-state index in [0.717, 1.165) is 25.3 Å². The normalized spacial score (nSPS) is 21.7. The van der Waals surface area contributed by atoms with E-state index < -0.39 is 0 Å². The van der Waals surface area contributed by atoms with E-state index in [4.69, 9.17) is 14.0 Å². The van der Waals surface area contributed by atoms with Crippen molar-refractivity contribution < 1.29 is 18.8 Å². The summed E-state index contributed by atoms with van der Waals surface area (Å²) in [4.78, 5) is 15.3. The Balaban J connectivity index is 1.84. The lowest BCUT2D eigenvalue weighted by molar-refractivity contribution is -0.161. The van der Waals surface area contributed by atoms with Crippen LogP contribution < -0.4 is 0 Å². The van der Waals surface area contributed by atoms with Crippen LogP contribution in [-0.2, 0) is 20.8 Å². The Bertz CT molecular complexity index is 473. The Labute approximate surface area is 131 Å². The molecule has 0 saturated carbocycles. The van der Waals surface area contributed by atoms with Gasteiger partial charge in [-0.1, -0.05) is 5.16 Å². The van der Waals surface area contributed by atoms with Crippen molar-refractivity contribution >= 4 is 5.91 Å². The minimum Gasteiger partial charge on any atom is -0.369 e. The van der Waals surface area contributed by atoms with Crippen molar-refractivity contribution in [1.82, 2.24) is 15.0 Å². The van der Waals surface area contributed by atoms with Crippen LogP contribution in [0.5, 0.6) is 0 Å². The molecule has 7 heteroatoms. The second-order valence-corrected chi connectivity index (χ2v) is 6.46. The lowest BCUT2D eigenvalue weighted by atomic mass is 10.1. The first-order chi connectivity index (χ1) is 10.4. The molecular formula is C15H25N3O4. The average Bonchev–Trinajstić information content (AvgIpc) is 2.89. The second kappa shape index (κ2) is 7.21. The molecule has 22 heavy (non-hydrogen) atoms. The molecule has 2 heterocycles. The van der Waals surface area contributed by atoms with Crippen LogP contribution in [-0.4, -0.2) is 73.0 Å². The molecule has 1 fully saturated rings. The van der Waals surface area contributed by atoms with Crippen LogP contribution in [0.3, 0.4) is 0 Å². The number of hydrogen-bond acceptors (Lipinski definition) is 6. The number of hydrogen-bond donors (Lipinski definition) is 0. The molecule has 0 N–H and O–H groups in total. The third-order valence-corrected chi connectivity index (χ3v) is 3.46. The monoisotopic (exact) mass is 311 g/mol. The Hall–Kier alpha value is -1.44. The molecule has 124 valence electrons. The van der Waals surface area contributed by atoms with Crippen molar-refractivity contribution in [2.24, 2.45) is 0 Å². The number of rotatable bonds is 6. The SMILES string of the molecule is CN(C)C(=O)COC[C@@H]1CN(Cc2ccon2)CC(C)(C)O1. The maximum absolute atomic E-state index is 11.5. The summed E-state index contributed by atoms with van der Waals surface area (Å²) in [7, 11) is 3.43. The smallest absolute Gasteiger partial charge is 0.248 e. The lowest BCUT2D eigenvalue weighted by Gasteiger charge is -2.42. The highest BCUT2D eigenvalue weighted by Gasteiger charge is 2.33. The fourth-order valence-electron chi connectivity index (χ4n) is 2.58. The van der Waals surface area contributed by atoms with Gasteiger partial charge in [-0.3, -0.25) is 9.69 Å². The third kappa shape index (κ3) is 5.08. The molecule has 0 unspecified atom stereocenters. The summed E-state index contributed by atoms with van der Waals surface area (Å²) in [6.45, 7) is 6.87. The Morgan fingerprint density at radius 2 is 2.32 bits per heavy atom. The minimum atomic E-state index is -0.262. The number of aromatic nitrogens is 1. The topological polar surface area (TPSA) is 68.0 Å².